The summed E-state index contributed by atoms with van der Waals surface area (Å²) in [5.41, 5.74) is 2.59. The highest BCUT2D eigenvalue weighted by Crippen LogP contribution is 2.38. The molecule has 0 spiro atoms. The largest absolute Gasteiger partial charge is 0.493 e. The minimum Gasteiger partial charge on any atom is -0.493 e. The molecule has 0 aliphatic rings. The molecule has 1 N–H and O–H groups in total. The van der Waals surface area contributed by atoms with Crippen LogP contribution in [0.3, 0.4) is 0 Å². The van der Waals surface area contributed by atoms with Crippen LogP contribution in [-0.2, 0) is 11.4 Å². The molecule has 0 radical (unpaired) electrons. The summed E-state index contributed by atoms with van der Waals surface area (Å²) in [6.45, 7) is 2.24. The third-order valence-corrected chi connectivity index (χ3v) is 5.99. The average molecular weight is 570 g/mol. The molecule has 168 valence electrons. The number of nitrogens with one attached hydrogen (secondary N) is 1. The van der Waals surface area contributed by atoms with E-state index in [0.29, 0.717) is 28.1 Å². The standard InChI is InChI=1S/C26H22Br2N2O3/c1-17(20-6-4-3-5-7-20)30-26(31)21(15-29)12-19-13-23(28)25(24(14-19)32-2)33-16-18-8-10-22(27)11-9-18/h3-14,17H,16H2,1-2H3,(H,30,31)/b21-12+/t17-/m1/s1. The maximum absolute atomic E-state index is 12.7. The zero-order valence-corrected chi connectivity index (χ0v) is 21.3. The molecule has 5 nitrogen and oxygen atoms in total. The third kappa shape index (κ3) is 6.70. The van der Waals surface area contributed by atoms with Crippen LogP contribution < -0.4 is 14.8 Å². The predicted octanol–water partition coefficient (Wildman–Crippen LogP) is 6.58. The monoisotopic (exact) mass is 568 g/mol. The van der Waals surface area contributed by atoms with Gasteiger partial charge in [-0.1, -0.05) is 58.4 Å². The second-order valence-corrected chi connectivity index (χ2v) is 8.99. The lowest BCUT2D eigenvalue weighted by Gasteiger charge is -2.15. The van der Waals surface area contributed by atoms with E-state index in [9.17, 15) is 10.1 Å². The van der Waals surface area contributed by atoms with Crippen LogP contribution in [0.2, 0.25) is 0 Å². The highest BCUT2D eigenvalue weighted by atomic mass is 79.9. The van der Waals surface area contributed by atoms with Crippen LogP contribution in [0.4, 0.5) is 0 Å². The fourth-order valence-corrected chi connectivity index (χ4v) is 3.95. The lowest BCUT2D eigenvalue weighted by atomic mass is 10.1. The molecule has 3 aromatic rings. The Balaban J connectivity index is 1.78. The van der Waals surface area contributed by atoms with Gasteiger partial charge in [-0.05, 0) is 69.9 Å². The summed E-state index contributed by atoms with van der Waals surface area (Å²) >= 11 is 6.94. The van der Waals surface area contributed by atoms with Gasteiger partial charge in [0, 0.05) is 4.47 Å². The van der Waals surface area contributed by atoms with Gasteiger partial charge in [-0.15, -0.1) is 0 Å². The van der Waals surface area contributed by atoms with Crippen LogP contribution in [0, 0.1) is 11.3 Å². The van der Waals surface area contributed by atoms with E-state index in [1.165, 1.54) is 6.08 Å². The number of methoxy groups -OCH3 is 1. The van der Waals surface area contributed by atoms with Gasteiger partial charge in [0.25, 0.3) is 5.91 Å². The van der Waals surface area contributed by atoms with Crippen molar-refractivity contribution in [3.8, 4) is 17.6 Å². The number of benzene rings is 3. The van der Waals surface area contributed by atoms with Gasteiger partial charge in [-0.25, -0.2) is 0 Å². The summed E-state index contributed by atoms with van der Waals surface area (Å²) < 4.78 is 13.1. The minimum absolute atomic E-state index is 0.00438. The summed E-state index contributed by atoms with van der Waals surface area (Å²) in [6.07, 6.45) is 1.53. The SMILES string of the molecule is COc1cc(/C=C(\C#N)C(=O)N[C@H](C)c2ccccc2)cc(Br)c1OCc1ccc(Br)cc1. The van der Waals surface area contributed by atoms with E-state index in [1.807, 2.05) is 67.6 Å². The van der Waals surface area contributed by atoms with Crippen LogP contribution in [0.5, 0.6) is 11.5 Å². The molecular weight excluding hydrogens is 548 g/mol. The van der Waals surface area contributed by atoms with Gasteiger partial charge in [0.2, 0.25) is 0 Å². The molecule has 0 fully saturated rings. The van der Waals surface area contributed by atoms with Crippen molar-refractivity contribution in [1.82, 2.24) is 5.32 Å². The van der Waals surface area contributed by atoms with Crippen molar-refractivity contribution < 1.29 is 14.3 Å². The molecule has 33 heavy (non-hydrogen) atoms. The van der Waals surface area contributed by atoms with Crippen LogP contribution in [0.1, 0.15) is 29.7 Å². The number of carbonyl (C=O) groups is 1. The topological polar surface area (TPSA) is 71.3 Å². The first-order valence-electron chi connectivity index (χ1n) is 10.1. The van der Waals surface area contributed by atoms with Gasteiger partial charge in [0.05, 0.1) is 17.6 Å². The van der Waals surface area contributed by atoms with Gasteiger partial charge in [0.1, 0.15) is 18.2 Å². The summed E-state index contributed by atoms with van der Waals surface area (Å²) in [7, 11) is 1.54. The van der Waals surface area contributed by atoms with Crippen LogP contribution >= 0.6 is 31.9 Å². The highest BCUT2D eigenvalue weighted by Gasteiger charge is 2.16. The lowest BCUT2D eigenvalue weighted by Crippen LogP contribution is -2.27. The Morgan fingerprint density at radius 3 is 2.45 bits per heavy atom. The molecule has 0 saturated carbocycles. The summed E-state index contributed by atoms with van der Waals surface area (Å²) in [6, 6.07) is 22.7. The van der Waals surface area contributed by atoms with Crippen molar-refractivity contribution in [3.63, 3.8) is 0 Å². The first-order valence-corrected chi connectivity index (χ1v) is 11.7. The molecule has 0 aliphatic heterocycles. The maximum atomic E-state index is 12.7. The second kappa shape index (κ2) is 11.7. The van der Waals surface area contributed by atoms with E-state index < -0.39 is 5.91 Å². The number of ether oxygens (including phenoxy) is 2. The van der Waals surface area contributed by atoms with Gasteiger partial charge in [-0.2, -0.15) is 5.26 Å². The first kappa shape index (κ1) is 24.6. The number of rotatable bonds is 8. The zero-order chi connectivity index (χ0) is 23.8. The van der Waals surface area contributed by atoms with Crippen LogP contribution in [-0.4, -0.2) is 13.0 Å². The molecule has 1 amide bonds. The quantitative estimate of drug-likeness (QED) is 0.245. The van der Waals surface area contributed by atoms with E-state index in [4.69, 9.17) is 9.47 Å². The molecule has 1 atom stereocenters. The normalized spacial score (nSPS) is 11.9. The molecule has 0 aromatic heterocycles. The van der Waals surface area contributed by atoms with E-state index >= 15 is 0 Å². The fourth-order valence-electron chi connectivity index (χ4n) is 3.11. The molecule has 3 aromatic carbocycles. The van der Waals surface area contributed by atoms with Crippen molar-refractivity contribution in [1.29, 1.82) is 5.26 Å². The maximum Gasteiger partial charge on any atom is 0.262 e. The number of nitriles is 1. The molecule has 0 aliphatic carbocycles. The molecule has 0 saturated heterocycles. The number of halogens is 2. The van der Waals surface area contributed by atoms with E-state index in [2.05, 4.69) is 37.2 Å². The molecule has 0 bridgehead atoms. The summed E-state index contributed by atoms with van der Waals surface area (Å²) in [5.74, 6) is 0.584. The van der Waals surface area contributed by atoms with Gasteiger partial charge < -0.3 is 14.8 Å². The van der Waals surface area contributed by atoms with Crippen molar-refractivity contribution in [2.75, 3.05) is 7.11 Å². The number of hydrogen-bond acceptors (Lipinski definition) is 4. The molecule has 0 heterocycles. The number of amides is 1. The molecule has 7 heteroatoms. The first-order chi connectivity index (χ1) is 15.9. The summed E-state index contributed by atoms with van der Waals surface area (Å²) in [5, 5.41) is 12.4. The average Bonchev–Trinajstić information content (AvgIpc) is 2.83. The Morgan fingerprint density at radius 2 is 1.82 bits per heavy atom. The highest BCUT2D eigenvalue weighted by molar-refractivity contribution is 9.10. The van der Waals surface area contributed by atoms with Gasteiger partial charge >= 0.3 is 0 Å². The van der Waals surface area contributed by atoms with Crippen molar-refractivity contribution in [2.24, 2.45) is 0 Å². The Bertz CT molecular complexity index is 1190. The fraction of sp³-hybridized carbons (Fsp3) is 0.154. The Morgan fingerprint density at radius 1 is 1.12 bits per heavy atom. The van der Waals surface area contributed by atoms with E-state index in [-0.39, 0.29) is 11.6 Å². The van der Waals surface area contributed by atoms with Crippen LogP contribution in [0.15, 0.2) is 81.2 Å². The lowest BCUT2D eigenvalue weighted by molar-refractivity contribution is -0.117. The van der Waals surface area contributed by atoms with Crippen molar-refractivity contribution in [3.05, 3.63) is 97.9 Å². The molecular formula is C26H22Br2N2O3. The van der Waals surface area contributed by atoms with Crippen molar-refractivity contribution >= 4 is 43.8 Å². The number of hydrogen-bond donors (Lipinski definition) is 1. The number of carbonyl (C=O) groups excluding carboxylic acids is 1. The smallest absolute Gasteiger partial charge is 0.262 e. The van der Waals surface area contributed by atoms with Gasteiger partial charge in [-0.3, -0.25) is 4.79 Å². The third-order valence-electron chi connectivity index (χ3n) is 4.87. The van der Waals surface area contributed by atoms with Gasteiger partial charge in [0.15, 0.2) is 11.5 Å². The predicted molar refractivity (Wildman–Crippen MR) is 136 cm³/mol. The molecule has 0 unspecified atom stereocenters. The second-order valence-electron chi connectivity index (χ2n) is 7.22. The van der Waals surface area contributed by atoms with E-state index in [1.54, 1.807) is 19.2 Å². The minimum atomic E-state index is -0.445. The Kier molecular flexibility index (Phi) is 8.70. The van der Waals surface area contributed by atoms with E-state index in [0.717, 1.165) is 15.6 Å². The van der Waals surface area contributed by atoms with Crippen LogP contribution in [0.25, 0.3) is 6.08 Å². The Labute approximate surface area is 210 Å². The van der Waals surface area contributed by atoms with Crippen molar-refractivity contribution in [2.45, 2.75) is 19.6 Å². The Hall–Kier alpha value is -3.08. The zero-order valence-electron chi connectivity index (χ0n) is 18.1. The number of nitrogens with zero attached hydrogens (tertiary/aromatic N) is 1. The molecule has 3 rings (SSSR count). The summed E-state index contributed by atoms with van der Waals surface area (Å²) in [4.78, 5) is 12.7.